The van der Waals surface area contributed by atoms with Gasteiger partial charge in [-0.15, -0.1) is 11.3 Å². The van der Waals surface area contributed by atoms with Crippen LogP contribution in [0, 0.1) is 13.8 Å². The number of aromatic nitrogens is 2. The zero-order valence-electron chi connectivity index (χ0n) is 18.0. The Morgan fingerprint density at radius 3 is 2.58 bits per heavy atom. The number of thiophene rings is 1. The van der Waals surface area contributed by atoms with Gasteiger partial charge in [0.1, 0.15) is 11.4 Å². The highest BCUT2D eigenvalue weighted by molar-refractivity contribution is 7.99. The van der Waals surface area contributed by atoms with Gasteiger partial charge >= 0.3 is 5.97 Å². The van der Waals surface area contributed by atoms with Crippen molar-refractivity contribution in [1.29, 1.82) is 0 Å². The molecule has 7 nitrogen and oxygen atoms in total. The molecule has 1 N–H and O–H groups in total. The molecule has 0 fully saturated rings. The summed E-state index contributed by atoms with van der Waals surface area (Å²) in [6, 6.07) is 7.98. The summed E-state index contributed by atoms with van der Waals surface area (Å²) < 4.78 is 6.16. The van der Waals surface area contributed by atoms with Gasteiger partial charge in [0.25, 0.3) is 5.56 Å². The van der Waals surface area contributed by atoms with Crippen LogP contribution in [-0.2, 0) is 27.3 Å². The Morgan fingerprint density at radius 1 is 1.23 bits per heavy atom. The molecule has 0 saturated carbocycles. The van der Waals surface area contributed by atoms with Crippen LogP contribution < -0.4 is 10.9 Å². The van der Waals surface area contributed by atoms with Crippen molar-refractivity contribution in [2.45, 2.75) is 38.9 Å². The van der Waals surface area contributed by atoms with E-state index in [4.69, 9.17) is 4.98 Å². The van der Waals surface area contributed by atoms with Gasteiger partial charge in [0.15, 0.2) is 5.16 Å². The van der Waals surface area contributed by atoms with E-state index < -0.39 is 5.97 Å². The van der Waals surface area contributed by atoms with E-state index in [2.05, 4.69) is 17.0 Å². The van der Waals surface area contributed by atoms with Gasteiger partial charge in [0.2, 0.25) is 5.91 Å². The van der Waals surface area contributed by atoms with Crippen LogP contribution in [0.4, 0.5) is 0 Å². The van der Waals surface area contributed by atoms with E-state index in [0.29, 0.717) is 21.9 Å². The number of benzene rings is 1. The van der Waals surface area contributed by atoms with Crippen molar-refractivity contribution in [2.24, 2.45) is 0 Å². The number of thioether (sulfide) groups is 1. The average Bonchev–Trinajstić information content (AvgIpc) is 3.09. The number of methoxy groups -OCH3 is 1. The lowest BCUT2D eigenvalue weighted by Gasteiger charge is -2.12. The number of rotatable bonds is 8. The fourth-order valence-electron chi connectivity index (χ4n) is 3.13. The van der Waals surface area contributed by atoms with Gasteiger partial charge in [-0.3, -0.25) is 19.0 Å². The van der Waals surface area contributed by atoms with Crippen molar-refractivity contribution in [1.82, 2.24) is 14.9 Å². The van der Waals surface area contributed by atoms with E-state index in [0.717, 1.165) is 28.0 Å². The topological polar surface area (TPSA) is 90.3 Å². The number of nitrogens with one attached hydrogen (secondary N) is 1. The van der Waals surface area contributed by atoms with Crippen LogP contribution in [0.25, 0.3) is 10.2 Å². The van der Waals surface area contributed by atoms with Crippen LogP contribution in [0.2, 0.25) is 0 Å². The number of fused-ring (bicyclic) bond motifs is 1. The normalized spacial score (nSPS) is 11.0. The van der Waals surface area contributed by atoms with E-state index in [1.807, 2.05) is 38.1 Å². The lowest BCUT2D eigenvalue weighted by atomic mass is 10.1. The Balaban J connectivity index is 1.95. The van der Waals surface area contributed by atoms with Crippen molar-refractivity contribution in [2.75, 3.05) is 19.4 Å². The third-order valence-electron chi connectivity index (χ3n) is 4.89. The standard InChI is InChI=1S/C22H25N3O4S2/c1-5-16-14(3)19-20(31-16)24-22(30-12-17(26)23-10-18(27)29-4)25(21(19)28)11-15-8-6-13(2)7-9-15/h6-9H,5,10-12H2,1-4H3,(H,23,26). The Bertz CT molecular complexity index is 1170. The summed E-state index contributed by atoms with van der Waals surface area (Å²) in [5, 5.41) is 3.63. The van der Waals surface area contributed by atoms with Crippen LogP contribution in [0.5, 0.6) is 0 Å². The number of aryl methyl sites for hydroxylation is 3. The van der Waals surface area contributed by atoms with Crippen LogP contribution in [0.15, 0.2) is 34.2 Å². The van der Waals surface area contributed by atoms with E-state index in [-0.39, 0.29) is 23.8 Å². The molecule has 2 heterocycles. The second kappa shape index (κ2) is 10.1. The Hall–Kier alpha value is -2.65. The van der Waals surface area contributed by atoms with Crippen LogP contribution in [0.1, 0.15) is 28.5 Å². The number of carbonyl (C=O) groups is 2. The maximum Gasteiger partial charge on any atom is 0.325 e. The van der Waals surface area contributed by atoms with E-state index >= 15 is 0 Å². The SMILES string of the molecule is CCc1sc2nc(SCC(=O)NCC(=O)OC)n(Cc3ccc(C)cc3)c(=O)c2c1C. The fraction of sp³-hybridized carbons (Fsp3) is 0.364. The minimum absolute atomic E-state index is 0.0355. The number of ether oxygens (including phenoxy) is 1. The minimum atomic E-state index is -0.518. The van der Waals surface area contributed by atoms with E-state index in [1.165, 1.54) is 30.2 Å². The summed E-state index contributed by atoms with van der Waals surface area (Å²) in [7, 11) is 1.26. The Kier molecular flexibility index (Phi) is 7.50. The monoisotopic (exact) mass is 459 g/mol. The molecule has 3 rings (SSSR count). The fourth-order valence-corrected chi connectivity index (χ4v) is 5.12. The molecule has 0 radical (unpaired) electrons. The van der Waals surface area contributed by atoms with Gasteiger partial charge < -0.3 is 10.1 Å². The summed E-state index contributed by atoms with van der Waals surface area (Å²) in [4.78, 5) is 43.4. The molecule has 164 valence electrons. The van der Waals surface area contributed by atoms with E-state index in [1.54, 1.807) is 4.57 Å². The number of nitrogens with zero attached hydrogens (tertiary/aromatic N) is 2. The first kappa shape index (κ1) is 23.0. The molecule has 0 saturated heterocycles. The molecule has 0 aliphatic heterocycles. The first-order valence-electron chi connectivity index (χ1n) is 9.88. The molecule has 2 aromatic heterocycles. The molecule has 9 heteroatoms. The van der Waals surface area contributed by atoms with E-state index in [9.17, 15) is 14.4 Å². The second-order valence-electron chi connectivity index (χ2n) is 7.10. The lowest BCUT2D eigenvalue weighted by Crippen LogP contribution is -2.31. The molecule has 0 spiro atoms. The molecule has 1 amide bonds. The number of hydrogen-bond donors (Lipinski definition) is 1. The quantitative estimate of drug-likeness (QED) is 0.316. The van der Waals surface area contributed by atoms with Gasteiger partial charge in [0, 0.05) is 4.88 Å². The van der Waals surface area contributed by atoms with Crippen molar-refractivity contribution >= 4 is 45.2 Å². The minimum Gasteiger partial charge on any atom is -0.468 e. The molecule has 3 aromatic rings. The molecule has 0 atom stereocenters. The van der Waals surface area contributed by atoms with Crippen LogP contribution >= 0.6 is 23.1 Å². The number of amides is 1. The molecule has 0 aliphatic carbocycles. The Morgan fingerprint density at radius 2 is 1.94 bits per heavy atom. The summed E-state index contributed by atoms with van der Waals surface area (Å²) in [5.74, 6) is -0.813. The summed E-state index contributed by atoms with van der Waals surface area (Å²) in [5.41, 5.74) is 3.00. The van der Waals surface area contributed by atoms with Crippen molar-refractivity contribution in [3.05, 3.63) is 56.2 Å². The predicted molar refractivity (Wildman–Crippen MR) is 124 cm³/mol. The maximum absolute atomic E-state index is 13.4. The number of hydrogen-bond acceptors (Lipinski definition) is 7. The summed E-state index contributed by atoms with van der Waals surface area (Å²) in [6.45, 7) is 6.21. The average molecular weight is 460 g/mol. The first-order valence-corrected chi connectivity index (χ1v) is 11.7. The molecule has 31 heavy (non-hydrogen) atoms. The third-order valence-corrected chi connectivity index (χ3v) is 7.19. The summed E-state index contributed by atoms with van der Waals surface area (Å²) in [6.07, 6.45) is 0.836. The molecule has 0 unspecified atom stereocenters. The molecular formula is C22H25N3O4S2. The molecule has 0 aliphatic rings. The molecular weight excluding hydrogens is 434 g/mol. The Labute approximate surface area is 188 Å². The summed E-state index contributed by atoms with van der Waals surface area (Å²) >= 11 is 2.70. The highest BCUT2D eigenvalue weighted by Crippen LogP contribution is 2.29. The maximum atomic E-state index is 13.4. The van der Waals surface area contributed by atoms with Crippen molar-refractivity contribution in [3.8, 4) is 0 Å². The predicted octanol–water partition coefficient (Wildman–Crippen LogP) is 3.07. The first-order chi connectivity index (χ1) is 14.8. The van der Waals surface area contributed by atoms with Gasteiger partial charge in [-0.1, -0.05) is 48.5 Å². The van der Waals surface area contributed by atoms with Crippen molar-refractivity contribution in [3.63, 3.8) is 0 Å². The second-order valence-corrected chi connectivity index (χ2v) is 9.12. The zero-order valence-corrected chi connectivity index (χ0v) is 19.6. The number of esters is 1. The molecule has 1 aromatic carbocycles. The highest BCUT2D eigenvalue weighted by Gasteiger charge is 2.19. The highest BCUT2D eigenvalue weighted by atomic mass is 32.2. The number of carbonyl (C=O) groups excluding carboxylic acids is 2. The van der Waals surface area contributed by atoms with Gasteiger partial charge in [-0.2, -0.15) is 0 Å². The zero-order chi connectivity index (χ0) is 22.5. The lowest BCUT2D eigenvalue weighted by molar-refractivity contribution is -0.140. The van der Waals surface area contributed by atoms with Crippen molar-refractivity contribution < 1.29 is 14.3 Å². The largest absolute Gasteiger partial charge is 0.468 e. The van der Waals surface area contributed by atoms with Crippen LogP contribution in [-0.4, -0.2) is 40.8 Å². The van der Waals surface area contributed by atoms with Gasteiger partial charge in [-0.05, 0) is 31.4 Å². The smallest absolute Gasteiger partial charge is 0.325 e. The third kappa shape index (κ3) is 5.34. The molecule has 0 bridgehead atoms. The van der Waals surface area contributed by atoms with Gasteiger partial charge in [0.05, 0.1) is 24.8 Å². The van der Waals surface area contributed by atoms with Gasteiger partial charge in [-0.25, -0.2) is 4.98 Å². The van der Waals surface area contributed by atoms with Crippen LogP contribution in [0.3, 0.4) is 0 Å².